The maximum absolute atomic E-state index is 7.23. The second-order valence-corrected chi connectivity index (χ2v) is 0.805. The predicted octanol–water partition coefficient (Wildman–Crippen LogP) is -0.812. The normalized spacial score (nSPS) is 7.20. The molecule has 0 radical (unpaired) electrons. The van der Waals surface area contributed by atoms with Gasteiger partial charge < -0.3 is 14.7 Å². The van der Waals surface area contributed by atoms with E-state index in [4.69, 9.17) is 14.7 Å². The minimum Gasteiger partial charge on any atom is -0.328 e. The Labute approximate surface area is 43.4 Å². The summed E-state index contributed by atoms with van der Waals surface area (Å²) in [6.07, 6.45) is 0. The van der Waals surface area contributed by atoms with Crippen molar-refractivity contribution in [2.75, 3.05) is 0 Å². The van der Waals surface area contributed by atoms with Crippen molar-refractivity contribution in [3.63, 3.8) is 0 Å². The molecule has 0 amide bonds. The van der Waals surface area contributed by atoms with Gasteiger partial charge >= 0.3 is 8.60 Å². The average molecular weight is 183 g/mol. The van der Waals surface area contributed by atoms with Crippen molar-refractivity contribution < 1.29 is 34.2 Å². The van der Waals surface area contributed by atoms with Gasteiger partial charge in [0.25, 0.3) is 0 Å². The van der Waals surface area contributed by atoms with Gasteiger partial charge in [-0.2, -0.15) is 0 Å². The van der Waals surface area contributed by atoms with Crippen LogP contribution in [0.15, 0.2) is 0 Å². The zero-order valence-electron chi connectivity index (χ0n) is 2.14. The fourth-order valence-electron chi connectivity index (χ4n) is 0. The summed E-state index contributed by atoms with van der Waals surface area (Å²) in [5, 5.41) is 0. The minimum atomic E-state index is -2.62. The summed E-state index contributed by atoms with van der Waals surface area (Å²) < 4.78 is 0. The van der Waals surface area contributed by atoms with Crippen LogP contribution in [0.25, 0.3) is 0 Å². The Morgan fingerprint density at radius 2 is 1.00 bits per heavy atom. The summed E-state index contributed by atoms with van der Waals surface area (Å²) in [6.45, 7) is 0. The van der Waals surface area contributed by atoms with Crippen molar-refractivity contribution >= 4 is 8.60 Å². The maximum Gasteiger partial charge on any atom is 0.324 e. The Morgan fingerprint density at radius 1 is 1.00 bits per heavy atom. The third-order valence-corrected chi connectivity index (χ3v) is 0. The van der Waals surface area contributed by atoms with Gasteiger partial charge in [0.05, 0.1) is 0 Å². The van der Waals surface area contributed by atoms with Gasteiger partial charge in [-0.1, -0.05) is 0 Å². The zero-order chi connectivity index (χ0) is 3.58. The number of hydrogen-bond donors (Lipinski definition) is 3. The Kier molecular flexibility index (Phi) is 9.21. The fraction of sp³-hybridized carbons (Fsp3) is 0. The summed E-state index contributed by atoms with van der Waals surface area (Å²) in [4.78, 5) is 21.7. The molecule has 0 aromatic carbocycles. The first kappa shape index (κ1) is 9.33. The summed E-state index contributed by atoms with van der Waals surface area (Å²) in [6, 6.07) is 0. The van der Waals surface area contributed by atoms with Crippen LogP contribution in [0.4, 0.5) is 0 Å². The van der Waals surface area contributed by atoms with Gasteiger partial charge in [-0.05, 0) is 0 Å². The van der Waals surface area contributed by atoms with Gasteiger partial charge in [0.1, 0.15) is 0 Å². The van der Waals surface area contributed by atoms with Crippen LogP contribution in [0.3, 0.4) is 0 Å². The molecular weight excluding hydrogens is 180 g/mol. The molecule has 34 valence electrons. The molecule has 0 heterocycles. The second-order valence-electron chi connectivity index (χ2n) is 0.268. The third-order valence-electron chi connectivity index (χ3n) is 0. The van der Waals surface area contributed by atoms with E-state index in [1.165, 1.54) is 0 Å². The molecule has 0 aliphatic heterocycles. The van der Waals surface area contributed by atoms with E-state index in [-0.39, 0.29) is 19.5 Å². The Balaban J connectivity index is 0. The SMILES string of the molecule is OP(O)O.[Ru]. The van der Waals surface area contributed by atoms with E-state index in [1.807, 2.05) is 0 Å². The van der Waals surface area contributed by atoms with Crippen LogP contribution in [0.1, 0.15) is 0 Å². The molecule has 0 rings (SSSR count). The van der Waals surface area contributed by atoms with E-state index in [2.05, 4.69) is 0 Å². The quantitative estimate of drug-likeness (QED) is 0.340. The minimum absolute atomic E-state index is 0. The smallest absolute Gasteiger partial charge is 0.324 e. The molecule has 0 aromatic rings. The first-order valence-corrected chi connectivity index (χ1v) is 1.80. The van der Waals surface area contributed by atoms with Crippen LogP contribution in [0.5, 0.6) is 0 Å². The van der Waals surface area contributed by atoms with Gasteiger partial charge in [0.2, 0.25) is 0 Å². The average Bonchev–Trinajstić information content (AvgIpc) is 0.811. The molecular formula is H3O3PRu. The molecule has 0 aromatic heterocycles. The van der Waals surface area contributed by atoms with E-state index >= 15 is 0 Å². The summed E-state index contributed by atoms with van der Waals surface area (Å²) in [7, 11) is -2.62. The largest absolute Gasteiger partial charge is 0.328 e. The monoisotopic (exact) mass is 184 g/mol. The van der Waals surface area contributed by atoms with Crippen LogP contribution in [0.2, 0.25) is 0 Å². The van der Waals surface area contributed by atoms with Crippen LogP contribution in [-0.4, -0.2) is 14.7 Å². The molecule has 0 atom stereocenters. The van der Waals surface area contributed by atoms with Crippen LogP contribution < -0.4 is 0 Å². The van der Waals surface area contributed by atoms with E-state index in [1.54, 1.807) is 0 Å². The number of hydrogen-bond acceptors (Lipinski definition) is 3. The first-order chi connectivity index (χ1) is 1.73. The second kappa shape index (κ2) is 4.93. The summed E-state index contributed by atoms with van der Waals surface area (Å²) in [5.41, 5.74) is 0. The Hall–Kier alpha value is 0.933. The standard InChI is InChI=1S/H3O3P.Ru/c1-4(2)3;/h1-3H;. The molecule has 5 heteroatoms. The molecule has 0 unspecified atom stereocenters. The molecule has 0 spiro atoms. The topological polar surface area (TPSA) is 60.7 Å². The van der Waals surface area contributed by atoms with Crippen molar-refractivity contribution in [3.8, 4) is 0 Å². The Morgan fingerprint density at radius 3 is 1.00 bits per heavy atom. The van der Waals surface area contributed by atoms with Crippen molar-refractivity contribution in [1.82, 2.24) is 0 Å². The molecule has 0 saturated carbocycles. The molecule has 0 aliphatic rings. The van der Waals surface area contributed by atoms with Crippen LogP contribution in [-0.2, 0) is 19.5 Å². The van der Waals surface area contributed by atoms with Crippen molar-refractivity contribution in [2.24, 2.45) is 0 Å². The molecule has 3 nitrogen and oxygen atoms in total. The fourth-order valence-corrected chi connectivity index (χ4v) is 0. The van der Waals surface area contributed by atoms with E-state index in [0.29, 0.717) is 0 Å². The molecule has 0 aliphatic carbocycles. The van der Waals surface area contributed by atoms with Gasteiger partial charge in [-0.15, -0.1) is 0 Å². The Bertz CT molecular complexity index is 11.6. The number of rotatable bonds is 0. The van der Waals surface area contributed by atoms with Crippen LogP contribution in [0, 0.1) is 0 Å². The molecule has 3 N–H and O–H groups in total. The van der Waals surface area contributed by atoms with Gasteiger partial charge in [0.15, 0.2) is 0 Å². The molecule has 5 heavy (non-hydrogen) atoms. The van der Waals surface area contributed by atoms with Crippen molar-refractivity contribution in [2.45, 2.75) is 0 Å². The van der Waals surface area contributed by atoms with Gasteiger partial charge in [-0.3, -0.25) is 0 Å². The van der Waals surface area contributed by atoms with Crippen LogP contribution >= 0.6 is 8.60 Å². The summed E-state index contributed by atoms with van der Waals surface area (Å²) in [5.74, 6) is 0. The van der Waals surface area contributed by atoms with Crippen molar-refractivity contribution in [3.05, 3.63) is 0 Å². The predicted molar refractivity (Wildman–Crippen MR) is 13.6 cm³/mol. The van der Waals surface area contributed by atoms with Crippen molar-refractivity contribution in [1.29, 1.82) is 0 Å². The van der Waals surface area contributed by atoms with Gasteiger partial charge in [0, 0.05) is 19.5 Å². The first-order valence-electron chi connectivity index (χ1n) is 0.600. The molecule has 0 bridgehead atoms. The van der Waals surface area contributed by atoms with E-state index < -0.39 is 8.60 Å². The molecule has 0 fully saturated rings. The van der Waals surface area contributed by atoms with E-state index in [9.17, 15) is 0 Å². The summed E-state index contributed by atoms with van der Waals surface area (Å²) >= 11 is 0. The van der Waals surface area contributed by atoms with E-state index in [0.717, 1.165) is 0 Å². The maximum atomic E-state index is 7.23. The zero-order valence-corrected chi connectivity index (χ0v) is 4.77. The van der Waals surface area contributed by atoms with Gasteiger partial charge in [-0.25, -0.2) is 0 Å². The molecule has 0 saturated heterocycles. The third kappa shape index (κ3) is 48.7.